The maximum absolute atomic E-state index is 11.4. The molecule has 1 aliphatic heterocycles. The number of nitrogens with one attached hydrogen (secondary N) is 1. The number of anilines is 1. The summed E-state index contributed by atoms with van der Waals surface area (Å²) in [5, 5.41) is 2.66. The van der Waals surface area contributed by atoms with E-state index in [1.807, 2.05) is 18.2 Å². The van der Waals surface area contributed by atoms with Gasteiger partial charge in [0, 0.05) is 10.6 Å². The van der Waals surface area contributed by atoms with Crippen molar-refractivity contribution in [3.63, 3.8) is 0 Å². The predicted molar refractivity (Wildman–Crippen MR) is 83.2 cm³/mol. The fraction of sp³-hybridized carbons (Fsp3) is 0.214. The lowest BCUT2D eigenvalue weighted by Gasteiger charge is -2.09. The highest BCUT2D eigenvalue weighted by Gasteiger charge is 2.21. The molecule has 0 spiro atoms. The van der Waals surface area contributed by atoms with Gasteiger partial charge in [-0.15, -0.1) is 22.9 Å². The summed E-state index contributed by atoms with van der Waals surface area (Å²) in [7, 11) is 0. The zero-order valence-corrected chi connectivity index (χ0v) is 13.3. The van der Waals surface area contributed by atoms with Crippen molar-refractivity contribution < 1.29 is 4.79 Å². The van der Waals surface area contributed by atoms with E-state index < -0.39 is 0 Å². The molecule has 2 nitrogen and oxygen atoms in total. The minimum absolute atomic E-state index is 0.0491. The van der Waals surface area contributed by atoms with Crippen molar-refractivity contribution in [3.8, 4) is 0 Å². The molecular formula is C14H11BrClNOS. The van der Waals surface area contributed by atoms with Gasteiger partial charge in [-0.1, -0.05) is 12.1 Å². The van der Waals surface area contributed by atoms with Crippen molar-refractivity contribution in [2.24, 2.45) is 0 Å². The summed E-state index contributed by atoms with van der Waals surface area (Å²) in [6.45, 7) is 2.05. The average molecular weight is 357 g/mol. The topological polar surface area (TPSA) is 29.1 Å². The fourth-order valence-electron chi connectivity index (χ4n) is 2.18. The molecule has 1 amide bonds. The smallest absolute Gasteiger partial charge is 0.228 e. The van der Waals surface area contributed by atoms with Crippen molar-refractivity contribution in [2.45, 2.75) is 18.7 Å². The summed E-state index contributed by atoms with van der Waals surface area (Å²) in [5.74, 6) is 0.0491. The number of aryl methyl sites for hydroxylation is 1. The second-order valence-electron chi connectivity index (χ2n) is 4.61. The number of amides is 1. The average Bonchev–Trinajstić information content (AvgIpc) is 2.90. The quantitative estimate of drug-likeness (QED) is 0.780. The Morgan fingerprint density at radius 3 is 2.89 bits per heavy atom. The van der Waals surface area contributed by atoms with Crippen molar-refractivity contribution in [2.75, 3.05) is 5.32 Å². The van der Waals surface area contributed by atoms with E-state index in [2.05, 4.69) is 34.2 Å². The van der Waals surface area contributed by atoms with Crippen molar-refractivity contribution in [1.29, 1.82) is 0 Å². The van der Waals surface area contributed by atoms with E-state index in [4.69, 9.17) is 11.6 Å². The Balaban J connectivity index is 1.94. The molecule has 19 heavy (non-hydrogen) atoms. The molecule has 2 aromatic rings. The molecule has 0 saturated carbocycles. The van der Waals surface area contributed by atoms with Crippen LogP contribution in [0.1, 0.15) is 26.9 Å². The highest BCUT2D eigenvalue weighted by atomic mass is 79.9. The van der Waals surface area contributed by atoms with Gasteiger partial charge in [0.15, 0.2) is 0 Å². The molecule has 3 rings (SSSR count). The first-order valence-electron chi connectivity index (χ1n) is 5.87. The van der Waals surface area contributed by atoms with Gasteiger partial charge in [-0.2, -0.15) is 0 Å². The lowest BCUT2D eigenvalue weighted by atomic mass is 10.0. The normalized spacial score (nSPS) is 15.2. The minimum Gasteiger partial charge on any atom is -0.326 e. The number of fused-ring (bicyclic) bond motifs is 1. The van der Waals surface area contributed by atoms with Crippen LogP contribution in [0.25, 0.3) is 0 Å². The van der Waals surface area contributed by atoms with Crippen LogP contribution in [-0.4, -0.2) is 5.91 Å². The van der Waals surface area contributed by atoms with E-state index >= 15 is 0 Å². The second kappa shape index (κ2) is 4.93. The monoisotopic (exact) mass is 355 g/mol. The molecular weight excluding hydrogens is 346 g/mol. The SMILES string of the molecule is Cc1cc(C(Cl)c2ccc3c(c2)CC(=O)N3)sc1Br. The van der Waals surface area contributed by atoms with Gasteiger partial charge in [0.1, 0.15) is 0 Å². The van der Waals surface area contributed by atoms with Crippen molar-refractivity contribution in [3.05, 3.63) is 49.6 Å². The number of rotatable bonds is 2. The van der Waals surface area contributed by atoms with Crippen LogP contribution in [0.4, 0.5) is 5.69 Å². The lowest BCUT2D eigenvalue weighted by Crippen LogP contribution is -2.03. The van der Waals surface area contributed by atoms with Gasteiger partial charge in [-0.25, -0.2) is 0 Å². The number of carbonyl (C=O) groups excluding carboxylic acids is 1. The van der Waals surface area contributed by atoms with Crippen LogP contribution < -0.4 is 5.32 Å². The summed E-state index contributed by atoms with van der Waals surface area (Å²) in [5.41, 5.74) is 4.16. The van der Waals surface area contributed by atoms with Gasteiger partial charge >= 0.3 is 0 Å². The molecule has 1 aliphatic rings. The Morgan fingerprint density at radius 1 is 1.42 bits per heavy atom. The molecule has 0 aliphatic carbocycles. The Kier molecular flexibility index (Phi) is 3.41. The first-order chi connectivity index (χ1) is 9.04. The molecule has 0 bridgehead atoms. The highest BCUT2D eigenvalue weighted by molar-refractivity contribution is 9.11. The van der Waals surface area contributed by atoms with Gasteiger partial charge in [0.2, 0.25) is 5.91 Å². The van der Waals surface area contributed by atoms with Crippen LogP contribution >= 0.6 is 38.9 Å². The summed E-state index contributed by atoms with van der Waals surface area (Å²) in [6.07, 6.45) is 0.444. The van der Waals surface area contributed by atoms with Crippen LogP contribution in [0.3, 0.4) is 0 Å². The molecule has 5 heteroatoms. The molecule has 1 unspecified atom stereocenters. The molecule has 98 valence electrons. The maximum atomic E-state index is 11.4. The molecule has 0 fully saturated rings. The number of halogens is 2. The summed E-state index contributed by atoms with van der Waals surface area (Å²) >= 11 is 11.7. The first kappa shape index (κ1) is 13.2. The summed E-state index contributed by atoms with van der Waals surface area (Å²) < 4.78 is 1.12. The van der Waals surface area contributed by atoms with E-state index in [1.165, 1.54) is 5.56 Å². The number of benzene rings is 1. The number of hydrogen-bond acceptors (Lipinski definition) is 2. The van der Waals surface area contributed by atoms with Gasteiger partial charge in [-0.3, -0.25) is 4.79 Å². The molecule has 1 atom stereocenters. The lowest BCUT2D eigenvalue weighted by molar-refractivity contribution is -0.115. The van der Waals surface area contributed by atoms with Crippen LogP contribution in [0.15, 0.2) is 28.1 Å². The summed E-state index contributed by atoms with van der Waals surface area (Å²) in [6, 6.07) is 8.03. The van der Waals surface area contributed by atoms with E-state index in [-0.39, 0.29) is 11.3 Å². The largest absolute Gasteiger partial charge is 0.326 e. The number of carbonyl (C=O) groups is 1. The van der Waals surface area contributed by atoms with E-state index in [0.29, 0.717) is 6.42 Å². The number of alkyl halides is 1. The number of thiophene rings is 1. The van der Waals surface area contributed by atoms with Gasteiger partial charge in [-0.05, 0) is 51.7 Å². The molecule has 1 aromatic heterocycles. The highest BCUT2D eigenvalue weighted by Crippen LogP contribution is 2.39. The molecule has 1 N–H and O–H groups in total. The zero-order valence-electron chi connectivity index (χ0n) is 10.2. The molecule has 0 radical (unpaired) electrons. The third kappa shape index (κ3) is 2.45. The summed E-state index contributed by atoms with van der Waals surface area (Å²) in [4.78, 5) is 12.5. The predicted octanol–water partition coefficient (Wildman–Crippen LogP) is 4.64. The standard InChI is InChI=1S/C14H11BrClNOS/c1-7-4-11(19-14(7)15)13(16)8-2-3-10-9(5-8)6-12(18)17-10/h2-5,13H,6H2,1H3,(H,17,18). The van der Waals surface area contributed by atoms with Crippen LogP contribution in [-0.2, 0) is 11.2 Å². The Morgan fingerprint density at radius 2 is 2.21 bits per heavy atom. The molecule has 1 aromatic carbocycles. The zero-order chi connectivity index (χ0) is 13.6. The van der Waals surface area contributed by atoms with Crippen LogP contribution in [0, 0.1) is 6.92 Å². The van der Waals surface area contributed by atoms with Crippen molar-refractivity contribution >= 4 is 50.5 Å². The van der Waals surface area contributed by atoms with Gasteiger partial charge in [0.25, 0.3) is 0 Å². The maximum Gasteiger partial charge on any atom is 0.228 e. The van der Waals surface area contributed by atoms with E-state index in [1.54, 1.807) is 11.3 Å². The Hall–Kier alpha value is -0.840. The van der Waals surface area contributed by atoms with Gasteiger partial charge < -0.3 is 5.32 Å². The second-order valence-corrected chi connectivity index (χ2v) is 7.45. The fourth-order valence-corrected chi connectivity index (χ4v) is 4.09. The third-order valence-electron chi connectivity index (χ3n) is 3.17. The van der Waals surface area contributed by atoms with E-state index in [9.17, 15) is 4.79 Å². The first-order valence-corrected chi connectivity index (χ1v) is 7.92. The molecule has 2 heterocycles. The Labute approximate surface area is 128 Å². The number of hydrogen-bond donors (Lipinski definition) is 1. The Bertz CT molecular complexity index is 648. The molecule has 0 saturated heterocycles. The minimum atomic E-state index is -0.170. The van der Waals surface area contributed by atoms with Crippen molar-refractivity contribution in [1.82, 2.24) is 0 Å². The van der Waals surface area contributed by atoms with Crippen LogP contribution in [0.2, 0.25) is 0 Å². The third-order valence-corrected chi connectivity index (χ3v) is 5.99. The van der Waals surface area contributed by atoms with Gasteiger partial charge in [0.05, 0.1) is 15.6 Å². The van der Waals surface area contributed by atoms with Crippen LogP contribution in [0.5, 0.6) is 0 Å². The van der Waals surface area contributed by atoms with E-state index in [0.717, 1.165) is 25.5 Å².